The summed E-state index contributed by atoms with van der Waals surface area (Å²) >= 11 is 8.82. The van der Waals surface area contributed by atoms with E-state index < -0.39 is 0 Å². The maximum absolute atomic E-state index is 5.38. The summed E-state index contributed by atoms with van der Waals surface area (Å²) in [6.45, 7) is 0. The molecular formula is C17H15BrN4O2S. The highest BCUT2D eigenvalue weighted by Gasteiger charge is 2.11. The van der Waals surface area contributed by atoms with Crippen LogP contribution in [-0.2, 0) is 0 Å². The lowest BCUT2D eigenvalue weighted by Gasteiger charge is -2.07. The lowest BCUT2D eigenvalue weighted by atomic mass is 10.2. The summed E-state index contributed by atoms with van der Waals surface area (Å²) in [6.07, 6.45) is 1.67. The lowest BCUT2D eigenvalue weighted by Crippen LogP contribution is -1.97. The van der Waals surface area contributed by atoms with E-state index >= 15 is 0 Å². The SMILES string of the molecule is COc1ccc(/C=N\n2c(-c3ccccc3Br)n[nH]c2=S)c(OC)c1. The zero-order valence-corrected chi connectivity index (χ0v) is 16.0. The Hall–Kier alpha value is -2.45. The van der Waals surface area contributed by atoms with Crippen LogP contribution in [0.25, 0.3) is 11.4 Å². The van der Waals surface area contributed by atoms with Gasteiger partial charge in [-0.1, -0.05) is 28.1 Å². The highest BCUT2D eigenvalue weighted by atomic mass is 79.9. The maximum atomic E-state index is 5.38. The molecule has 1 aromatic heterocycles. The van der Waals surface area contributed by atoms with Crippen LogP contribution in [0, 0.1) is 4.77 Å². The smallest absolute Gasteiger partial charge is 0.216 e. The minimum Gasteiger partial charge on any atom is -0.497 e. The van der Waals surface area contributed by atoms with Crippen molar-refractivity contribution in [1.29, 1.82) is 0 Å². The van der Waals surface area contributed by atoms with Gasteiger partial charge in [0.1, 0.15) is 11.5 Å². The second kappa shape index (κ2) is 7.62. The highest BCUT2D eigenvalue weighted by Crippen LogP contribution is 2.27. The van der Waals surface area contributed by atoms with Crippen LogP contribution in [0.15, 0.2) is 52.0 Å². The van der Waals surface area contributed by atoms with Crippen LogP contribution in [0.1, 0.15) is 5.56 Å². The van der Waals surface area contributed by atoms with Gasteiger partial charge in [0.25, 0.3) is 0 Å². The van der Waals surface area contributed by atoms with Crippen molar-refractivity contribution in [3.05, 3.63) is 57.3 Å². The second-order valence-electron chi connectivity index (χ2n) is 5.00. The molecule has 0 aliphatic rings. The summed E-state index contributed by atoms with van der Waals surface area (Å²) in [4.78, 5) is 0. The van der Waals surface area contributed by atoms with Gasteiger partial charge in [-0.2, -0.15) is 14.9 Å². The summed E-state index contributed by atoms with van der Waals surface area (Å²) < 4.78 is 13.5. The van der Waals surface area contributed by atoms with Gasteiger partial charge < -0.3 is 9.47 Å². The van der Waals surface area contributed by atoms with E-state index in [0.717, 1.165) is 15.6 Å². The number of aromatic amines is 1. The van der Waals surface area contributed by atoms with E-state index in [1.165, 1.54) is 0 Å². The Morgan fingerprint density at radius 1 is 1.20 bits per heavy atom. The van der Waals surface area contributed by atoms with E-state index in [9.17, 15) is 0 Å². The fourth-order valence-electron chi connectivity index (χ4n) is 2.26. The molecule has 0 fully saturated rings. The van der Waals surface area contributed by atoms with E-state index in [1.807, 2.05) is 36.4 Å². The minimum absolute atomic E-state index is 0.398. The van der Waals surface area contributed by atoms with E-state index in [1.54, 1.807) is 31.2 Å². The number of halogens is 1. The number of hydrogen-bond donors (Lipinski definition) is 1. The number of aromatic nitrogens is 3. The molecule has 2 aromatic carbocycles. The predicted octanol–water partition coefficient (Wildman–Crippen LogP) is 4.27. The van der Waals surface area contributed by atoms with Crippen LogP contribution in [0.5, 0.6) is 11.5 Å². The molecule has 0 radical (unpaired) electrons. The van der Waals surface area contributed by atoms with Crippen molar-refractivity contribution in [2.75, 3.05) is 14.2 Å². The van der Waals surface area contributed by atoms with Crippen LogP contribution >= 0.6 is 28.1 Å². The third-order valence-electron chi connectivity index (χ3n) is 3.52. The van der Waals surface area contributed by atoms with Gasteiger partial charge in [-0.3, -0.25) is 0 Å². The van der Waals surface area contributed by atoms with Crippen LogP contribution in [-0.4, -0.2) is 35.3 Å². The van der Waals surface area contributed by atoms with Gasteiger partial charge in [-0.05, 0) is 36.5 Å². The fraction of sp³-hybridized carbons (Fsp3) is 0.118. The van der Waals surface area contributed by atoms with Gasteiger partial charge in [-0.15, -0.1) is 0 Å². The van der Waals surface area contributed by atoms with E-state index in [-0.39, 0.29) is 0 Å². The molecule has 8 heteroatoms. The maximum Gasteiger partial charge on any atom is 0.216 e. The van der Waals surface area contributed by atoms with Gasteiger partial charge in [0.15, 0.2) is 5.82 Å². The van der Waals surface area contributed by atoms with Crippen molar-refractivity contribution < 1.29 is 9.47 Å². The van der Waals surface area contributed by atoms with Crippen molar-refractivity contribution >= 4 is 34.4 Å². The predicted molar refractivity (Wildman–Crippen MR) is 103 cm³/mol. The molecule has 0 atom stereocenters. The number of nitrogens with one attached hydrogen (secondary N) is 1. The Labute approximate surface area is 158 Å². The normalized spacial score (nSPS) is 11.0. The molecule has 0 aliphatic carbocycles. The molecule has 0 spiro atoms. The molecule has 0 unspecified atom stereocenters. The minimum atomic E-state index is 0.398. The molecule has 25 heavy (non-hydrogen) atoms. The van der Waals surface area contributed by atoms with E-state index in [2.05, 4.69) is 31.2 Å². The number of rotatable bonds is 5. The third-order valence-corrected chi connectivity index (χ3v) is 4.47. The third kappa shape index (κ3) is 3.64. The first-order chi connectivity index (χ1) is 12.1. The van der Waals surface area contributed by atoms with Crippen molar-refractivity contribution in [2.45, 2.75) is 0 Å². The number of nitrogens with zero attached hydrogens (tertiary/aromatic N) is 3. The first-order valence-corrected chi connectivity index (χ1v) is 8.53. The van der Waals surface area contributed by atoms with Crippen LogP contribution in [0.2, 0.25) is 0 Å². The average Bonchev–Trinajstić information content (AvgIpc) is 3.00. The van der Waals surface area contributed by atoms with E-state index in [4.69, 9.17) is 21.7 Å². The van der Waals surface area contributed by atoms with Crippen LogP contribution in [0.3, 0.4) is 0 Å². The second-order valence-corrected chi connectivity index (χ2v) is 6.24. The molecule has 0 aliphatic heterocycles. The molecule has 1 heterocycles. The largest absolute Gasteiger partial charge is 0.497 e. The molecule has 3 rings (SSSR count). The molecule has 6 nitrogen and oxygen atoms in total. The van der Waals surface area contributed by atoms with Crippen molar-refractivity contribution in [3.63, 3.8) is 0 Å². The number of hydrogen-bond acceptors (Lipinski definition) is 5. The molecule has 0 amide bonds. The summed E-state index contributed by atoms with van der Waals surface area (Å²) in [5.74, 6) is 1.98. The van der Waals surface area contributed by atoms with Crippen molar-refractivity contribution in [2.24, 2.45) is 5.10 Å². The van der Waals surface area contributed by atoms with Crippen molar-refractivity contribution in [3.8, 4) is 22.9 Å². The van der Waals surface area contributed by atoms with Gasteiger partial charge in [0.2, 0.25) is 4.77 Å². The number of ether oxygens (including phenoxy) is 2. The summed E-state index contributed by atoms with van der Waals surface area (Å²) in [5, 5.41) is 11.5. The quantitative estimate of drug-likeness (QED) is 0.496. The molecule has 0 saturated heterocycles. The van der Waals surface area contributed by atoms with Crippen molar-refractivity contribution in [1.82, 2.24) is 14.9 Å². The first kappa shape index (κ1) is 17.4. The monoisotopic (exact) mass is 418 g/mol. The van der Waals surface area contributed by atoms with Crippen LogP contribution in [0.4, 0.5) is 0 Å². The Morgan fingerprint density at radius 3 is 2.72 bits per heavy atom. The Balaban J connectivity index is 2.02. The molecule has 3 aromatic rings. The van der Waals surface area contributed by atoms with Gasteiger partial charge >= 0.3 is 0 Å². The summed E-state index contributed by atoms with van der Waals surface area (Å²) in [5.41, 5.74) is 1.68. The fourth-order valence-corrected chi connectivity index (χ4v) is 2.90. The van der Waals surface area contributed by atoms with Crippen LogP contribution < -0.4 is 9.47 Å². The Morgan fingerprint density at radius 2 is 2.00 bits per heavy atom. The molecular weight excluding hydrogens is 404 g/mol. The lowest BCUT2D eigenvalue weighted by molar-refractivity contribution is 0.394. The molecule has 1 N–H and O–H groups in total. The first-order valence-electron chi connectivity index (χ1n) is 7.32. The summed E-state index contributed by atoms with van der Waals surface area (Å²) in [7, 11) is 3.21. The summed E-state index contributed by atoms with van der Waals surface area (Å²) in [6, 6.07) is 13.2. The zero-order chi connectivity index (χ0) is 17.8. The molecule has 0 bridgehead atoms. The number of benzene rings is 2. The van der Waals surface area contributed by atoms with Gasteiger partial charge in [0, 0.05) is 21.7 Å². The highest BCUT2D eigenvalue weighted by molar-refractivity contribution is 9.10. The Kier molecular flexibility index (Phi) is 5.30. The number of H-pyrrole nitrogens is 1. The number of methoxy groups -OCH3 is 2. The van der Waals surface area contributed by atoms with Gasteiger partial charge in [0.05, 0.1) is 20.4 Å². The molecule has 128 valence electrons. The van der Waals surface area contributed by atoms with Gasteiger partial charge in [-0.25, -0.2) is 5.10 Å². The van der Waals surface area contributed by atoms with E-state index in [0.29, 0.717) is 22.1 Å². The molecule has 0 saturated carbocycles. The average molecular weight is 419 g/mol. The topological polar surface area (TPSA) is 64.4 Å². The Bertz CT molecular complexity index is 981. The standard InChI is InChI=1S/C17H15BrN4O2S/c1-23-12-8-7-11(15(9-12)24-2)10-19-22-16(20-21-17(22)25)13-5-3-4-6-14(13)18/h3-10H,1-2H3,(H,21,25)/b19-10-. The zero-order valence-electron chi connectivity index (χ0n) is 13.6.